The smallest absolute Gasteiger partial charge is 0.238 e. The van der Waals surface area contributed by atoms with Crippen molar-refractivity contribution in [2.75, 3.05) is 5.32 Å². The summed E-state index contributed by atoms with van der Waals surface area (Å²) in [5.41, 5.74) is 4.41. The van der Waals surface area contributed by atoms with Crippen LogP contribution in [0.2, 0.25) is 0 Å². The van der Waals surface area contributed by atoms with Crippen LogP contribution in [0.1, 0.15) is 41.7 Å². The summed E-state index contributed by atoms with van der Waals surface area (Å²) >= 11 is 0. The van der Waals surface area contributed by atoms with Gasteiger partial charge in [0.2, 0.25) is 11.8 Å². The summed E-state index contributed by atoms with van der Waals surface area (Å²) < 4.78 is 7.48. The number of hydrogen-bond acceptors (Lipinski definition) is 5. The summed E-state index contributed by atoms with van der Waals surface area (Å²) in [5.74, 6) is 1.17. The molecule has 0 aliphatic rings. The van der Waals surface area contributed by atoms with Crippen molar-refractivity contribution in [2.24, 2.45) is 0 Å². The van der Waals surface area contributed by atoms with Gasteiger partial charge in [-0.2, -0.15) is 5.10 Å². The normalized spacial score (nSPS) is 12.3. The third-order valence-electron chi connectivity index (χ3n) is 3.66. The van der Waals surface area contributed by atoms with Gasteiger partial charge >= 0.3 is 0 Å². The summed E-state index contributed by atoms with van der Waals surface area (Å²) in [6.07, 6.45) is 0. The molecule has 0 radical (unpaired) electrons. The van der Waals surface area contributed by atoms with Gasteiger partial charge in [-0.15, -0.1) is 10.2 Å². The lowest BCUT2D eigenvalue weighted by molar-refractivity contribution is 0.451. The first kappa shape index (κ1) is 15.3. The Labute approximate surface area is 135 Å². The van der Waals surface area contributed by atoms with Gasteiger partial charge in [-0.05, 0) is 44.5 Å². The largest absolute Gasteiger partial charge is 0.423 e. The molecule has 1 aromatic carbocycles. The van der Waals surface area contributed by atoms with Crippen molar-refractivity contribution < 1.29 is 4.42 Å². The molecular weight excluding hydrogens is 290 g/mol. The predicted molar refractivity (Wildman–Crippen MR) is 88.3 cm³/mol. The van der Waals surface area contributed by atoms with Crippen LogP contribution in [-0.4, -0.2) is 20.0 Å². The summed E-state index contributed by atoms with van der Waals surface area (Å²) in [4.78, 5) is 0. The number of anilines is 1. The molecular formula is C17H21N5O. The Morgan fingerprint density at radius 3 is 2.65 bits per heavy atom. The zero-order chi connectivity index (χ0) is 16.4. The number of aromatic nitrogens is 4. The molecule has 1 N–H and O–H groups in total. The Balaban J connectivity index is 1.73. The van der Waals surface area contributed by atoms with Crippen LogP contribution in [0.25, 0.3) is 0 Å². The summed E-state index contributed by atoms with van der Waals surface area (Å²) in [7, 11) is 0. The maximum atomic E-state index is 5.46. The Morgan fingerprint density at radius 2 is 2.00 bits per heavy atom. The third-order valence-corrected chi connectivity index (χ3v) is 3.66. The highest BCUT2D eigenvalue weighted by molar-refractivity contribution is 5.46. The van der Waals surface area contributed by atoms with Gasteiger partial charge in [0.15, 0.2) is 0 Å². The molecule has 6 heteroatoms. The van der Waals surface area contributed by atoms with E-state index < -0.39 is 0 Å². The van der Waals surface area contributed by atoms with E-state index >= 15 is 0 Å². The van der Waals surface area contributed by atoms with Crippen LogP contribution in [0.15, 0.2) is 34.7 Å². The molecule has 3 rings (SSSR count). The molecule has 1 unspecified atom stereocenters. The first-order valence-electron chi connectivity index (χ1n) is 7.68. The number of aryl methyl sites for hydroxylation is 3. The van der Waals surface area contributed by atoms with E-state index in [0.29, 0.717) is 11.8 Å². The molecule has 0 saturated heterocycles. The standard InChI is InChI=1S/C17H21N5O/c1-11-8-12(2)22(21-11)10-15-6-5-7-16(9-15)18-13(3)17-20-19-14(4)23-17/h5-9,13,18H,10H2,1-4H3. The van der Waals surface area contributed by atoms with Crippen LogP contribution in [0.3, 0.4) is 0 Å². The molecule has 0 bridgehead atoms. The maximum absolute atomic E-state index is 5.46. The van der Waals surface area contributed by atoms with Gasteiger partial charge in [0.25, 0.3) is 0 Å². The fourth-order valence-electron chi connectivity index (χ4n) is 2.57. The highest BCUT2D eigenvalue weighted by atomic mass is 16.4. The minimum absolute atomic E-state index is 0.0415. The average Bonchev–Trinajstić information content (AvgIpc) is 3.05. The van der Waals surface area contributed by atoms with E-state index in [1.807, 2.05) is 30.7 Å². The van der Waals surface area contributed by atoms with Crippen LogP contribution in [-0.2, 0) is 6.54 Å². The average molecular weight is 311 g/mol. The van der Waals surface area contributed by atoms with Crippen molar-refractivity contribution in [2.45, 2.75) is 40.3 Å². The molecule has 2 heterocycles. The molecule has 0 spiro atoms. The molecule has 0 aliphatic heterocycles. The lowest BCUT2D eigenvalue weighted by Gasteiger charge is -2.13. The number of benzene rings is 1. The van der Waals surface area contributed by atoms with E-state index in [2.05, 4.69) is 45.7 Å². The Kier molecular flexibility index (Phi) is 4.14. The van der Waals surface area contributed by atoms with Gasteiger partial charge in [-0.3, -0.25) is 4.68 Å². The SMILES string of the molecule is Cc1cc(C)n(Cc2cccc(NC(C)c3nnc(C)o3)c2)n1. The molecule has 1 atom stereocenters. The lowest BCUT2D eigenvalue weighted by Crippen LogP contribution is -2.08. The lowest BCUT2D eigenvalue weighted by atomic mass is 10.2. The fraction of sp³-hybridized carbons (Fsp3) is 0.353. The molecule has 6 nitrogen and oxygen atoms in total. The minimum Gasteiger partial charge on any atom is -0.423 e. The molecule has 0 amide bonds. The van der Waals surface area contributed by atoms with Crippen molar-refractivity contribution >= 4 is 5.69 Å². The number of hydrogen-bond donors (Lipinski definition) is 1. The van der Waals surface area contributed by atoms with Crippen LogP contribution >= 0.6 is 0 Å². The van der Waals surface area contributed by atoms with Gasteiger partial charge in [-0.1, -0.05) is 12.1 Å². The van der Waals surface area contributed by atoms with E-state index in [-0.39, 0.29) is 6.04 Å². The van der Waals surface area contributed by atoms with E-state index in [1.165, 1.54) is 5.56 Å². The van der Waals surface area contributed by atoms with E-state index in [9.17, 15) is 0 Å². The van der Waals surface area contributed by atoms with E-state index in [4.69, 9.17) is 4.42 Å². The highest BCUT2D eigenvalue weighted by Gasteiger charge is 2.12. The zero-order valence-electron chi connectivity index (χ0n) is 13.9. The summed E-state index contributed by atoms with van der Waals surface area (Å²) in [6.45, 7) is 8.62. The predicted octanol–water partition coefficient (Wildman–Crippen LogP) is 3.41. The van der Waals surface area contributed by atoms with Crippen molar-refractivity contribution in [3.8, 4) is 0 Å². The molecule has 120 valence electrons. The summed E-state index contributed by atoms with van der Waals surface area (Å²) in [6, 6.07) is 10.3. The molecule has 0 saturated carbocycles. The second-order valence-corrected chi connectivity index (χ2v) is 5.81. The Hall–Kier alpha value is -2.63. The van der Waals surface area contributed by atoms with Crippen LogP contribution in [0, 0.1) is 20.8 Å². The monoisotopic (exact) mass is 311 g/mol. The molecule has 2 aromatic heterocycles. The first-order chi connectivity index (χ1) is 11.0. The fourth-order valence-corrected chi connectivity index (χ4v) is 2.57. The second-order valence-electron chi connectivity index (χ2n) is 5.81. The van der Waals surface area contributed by atoms with Crippen LogP contribution < -0.4 is 5.32 Å². The van der Waals surface area contributed by atoms with Crippen molar-refractivity contribution in [3.63, 3.8) is 0 Å². The minimum atomic E-state index is -0.0415. The molecule has 23 heavy (non-hydrogen) atoms. The summed E-state index contributed by atoms with van der Waals surface area (Å²) in [5, 5.41) is 15.8. The zero-order valence-corrected chi connectivity index (χ0v) is 13.9. The number of nitrogens with zero attached hydrogens (tertiary/aromatic N) is 4. The first-order valence-corrected chi connectivity index (χ1v) is 7.68. The van der Waals surface area contributed by atoms with Gasteiger partial charge in [0.1, 0.15) is 6.04 Å². The van der Waals surface area contributed by atoms with Crippen molar-refractivity contribution in [3.05, 3.63) is 59.1 Å². The number of rotatable bonds is 5. The van der Waals surface area contributed by atoms with Crippen LogP contribution in [0.5, 0.6) is 0 Å². The van der Waals surface area contributed by atoms with Gasteiger partial charge in [0.05, 0.1) is 12.2 Å². The van der Waals surface area contributed by atoms with Gasteiger partial charge in [0, 0.05) is 18.3 Å². The van der Waals surface area contributed by atoms with Crippen molar-refractivity contribution in [1.29, 1.82) is 0 Å². The van der Waals surface area contributed by atoms with Gasteiger partial charge in [-0.25, -0.2) is 0 Å². The van der Waals surface area contributed by atoms with Crippen molar-refractivity contribution in [1.82, 2.24) is 20.0 Å². The van der Waals surface area contributed by atoms with E-state index in [0.717, 1.165) is 23.6 Å². The quantitative estimate of drug-likeness (QED) is 0.782. The van der Waals surface area contributed by atoms with Gasteiger partial charge < -0.3 is 9.73 Å². The molecule has 0 fully saturated rings. The number of nitrogens with one attached hydrogen (secondary N) is 1. The van der Waals surface area contributed by atoms with Crippen LogP contribution in [0.4, 0.5) is 5.69 Å². The highest BCUT2D eigenvalue weighted by Crippen LogP contribution is 2.20. The van der Waals surface area contributed by atoms with E-state index in [1.54, 1.807) is 6.92 Å². The maximum Gasteiger partial charge on any atom is 0.238 e. The Morgan fingerprint density at radius 1 is 1.17 bits per heavy atom. The topological polar surface area (TPSA) is 68.8 Å². The Bertz CT molecular complexity index is 805. The third kappa shape index (κ3) is 3.59. The molecule has 3 aromatic rings. The molecule has 0 aliphatic carbocycles. The second kappa shape index (κ2) is 6.24.